The summed E-state index contributed by atoms with van der Waals surface area (Å²) in [4.78, 5) is 52.9. The van der Waals surface area contributed by atoms with Crippen molar-refractivity contribution in [3.8, 4) is 0 Å². The minimum Gasteiger partial charge on any atom is -0.456 e. The van der Waals surface area contributed by atoms with E-state index in [9.17, 15) is 19.2 Å². The van der Waals surface area contributed by atoms with E-state index in [-0.39, 0.29) is 0 Å². The number of benzene rings is 3. The number of hydrogen-bond donors (Lipinski definition) is 0. The molecule has 3 aromatic carbocycles. The SMILES string of the molecule is CC(C)[C@@H](C(=O)OCC(=O)c1ccc(Br)cc1)N1C(=O)[C@H]2[C@H](C1=O)C1(Cl)c3ccccc3C2(Cl)c2ccccc21. The number of Topliss-reactive ketones (excluding diaryl/α,β-unsaturated/α-hetero) is 1. The Hall–Kier alpha value is -3.00. The molecule has 3 aliphatic carbocycles. The van der Waals surface area contributed by atoms with Gasteiger partial charge in [-0.25, -0.2) is 4.79 Å². The molecule has 0 N–H and O–H groups in total. The molecule has 0 unspecified atom stereocenters. The van der Waals surface area contributed by atoms with E-state index in [2.05, 4.69) is 15.9 Å². The Bertz CT molecular complexity index is 1470. The molecule has 0 saturated carbocycles. The van der Waals surface area contributed by atoms with Crippen molar-refractivity contribution in [3.63, 3.8) is 0 Å². The summed E-state index contributed by atoms with van der Waals surface area (Å²) in [7, 11) is 0. The van der Waals surface area contributed by atoms with E-state index in [1.165, 1.54) is 0 Å². The van der Waals surface area contributed by atoms with E-state index >= 15 is 0 Å². The summed E-state index contributed by atoms with van der Waals surface area (Å²) in [5, 5.41) is 0. The Morgan fingerprint density at radius 2 is 1.25 bits per heavy atom. The largest absolute Gasteiger partial charge is 0.456 e. The molecule has 2 amide bonds. The number of ketones is 1. The molecule has 1 aliphatic heterocycles. The van der Waals surface area contributed by atoms with Crippen molar-refractivity contribution in [3.05, 3.63) is 105 Å². The van der Waals surface area contributed by atoms with Gasteiger partial charge in [-0.2, -0.15) is 0 Å². The first-order valence-electron chi connectivity index (χ1n) is 12.9. The zero-order valence-electron chi connectivity index (χ0n) is 21.6. The molecular weight excluding hydrogens is 617 g/mol. The van der Waals surface area contributed by atoms with E-state index in [1.54, 1.807) is 38.1 Å². The summed E-state index contributed by atoms with van der Waals surface area (Å²) in [6, 6.07) is 20.1. The zero-order valence-corrected chi connectivity index (χ0v) is 24.7. The van der Waals surface area contributed by atoms with Gasteiger partial charge >= 0.3 is 5.97 Å². The Morgan fingerprint density at radius 3 is 1.65 bits per heavy atom. The monoisotopic (exact) mass is 639 g/mol. The van der Waals surface area contributed by atoms with Crippen molar-refractivity contribution in [1.29, 1.82) is 0 Å². The second-order valence-electron chi connectivity index (χ2n) is 10.7. The predicted octanol–water partition coefficient (Wildman–Crippen LogP) is 5.79. The molecule has 0 spiro atoms. The molecule has 4 aliphatic rings. The number of rotatable bonds is 6. The third-order valence-corrected chi connectivity index (χ3v) is 10.1. The summed E-state index contributed by atoms with van der Waals surface area (Å²) in [6.07, 6.45) is 0. The van der Waals surface area contributed by atoms with Crippen LogP contribution in [0.15, 0.2) is 77.3 Å². The number of ether oxygens (including phenoxy) is 1. The third-order valence-electron chi connectivity index (χ3n) is 8.28. The molecule has 0 radical (unpaired) electrons. The van der Waals surface area contributed by atoms with Crippen LogP contribution in [-0.2, 0) is 28.9 Å². The fraction of sp³-hybridized carbons (Fsp3) is 0.290. The Kier molecular flexibility index (Phi) is 6.48. The van der Waals surface area contributed by atoms with Gasteiger partial charge in [0.2, 0.25) is 11.8 Å². The lowest BCUT2D eigenvalue weighted by atomic mass is 9.54. The summed E-state index contributed by atoms with van der Waals surface area (Å²) in [5.74, 6) is -4.94. The van der Waals surface area contributed by atoms with Crippen molar-refractivity contribution in [2.24, 2.45) is 17.8 Å². The van der Waals surface area contributed by atoms with Gasteiger partial charge in [-0.3, -0.25) is 19.3 Å². The standard InChI is InChI=1S/C31H24BrCl2NO5/c1-16(2)26(29(39)40-15-23(36)17-11-13-18(32)14-12-17)35-27(37)24-25(28(35)38)31(34)20-8-4-3-7-19(20)30(24,33)21-9-5-6-10-22(21)31/h3-14,16,24-26H,15H2,1-2H3/t24-,25-,26+,30?,31?/m1/s1. The maximum Gasteiger partial charge on any atom is 0.330 e. The lowest BCUT2D eigenvalue weighted by Gasteiger charge is -2.54. The van der Waals surface area contributed by atoms with E-state index in [1.807, 2.05) is 48.5 Å². The molecular formula is C31H24BrCl2NO5. The van der Waals surface area contributed by atoms with Crippen molar-refractivity contribution in [2.75, 3.05) is 6.61 Å². The molecule has 1 heterocycles. The van der Waals surface area contributed by atoms with Crippen molar-refractivity contribution >= 4 is 62.7 Å². The predicted molar refractivity (Wildman–Crippen MR) is 153 cm³/mol. The highest BCUT2D eigenvalue weighted by atomic mass is 79.9. The first-order valence-corrected chi connectivity index (χ1v) is 14.5. The lowest BCUT2D eigenvalue weighted by Crippen LogP contribution is -2.57. The quantitative estimate of drug-likeness (QED) is 0.147. The Labute approximate surface area is 249 Å². The van der Waals surface area contributed by atoms with Crippen LogP contribution in [-0.4, -0.2) is 41.1 Å². The zero-order chi connectivity index (χ0) is 28.6. The van der Waals surface area contributed by atoms with Crippen molar-refractivity contribution < 1.29 is 23.9 Å². The first kappa shape index (κ1) is 27.2. The number of alkyl halides is 2. The number of amides is 2. The highest BCUT2D eigenvalue weighted by Gasteiger charge is 2.74. The summed E-state index contributed by atoms with van der Waals surface area (Å²) >= 11 is 18.3. The van der Waals surface area contributed by atoms with E-state index in [0.717, 1.165) is 9.37 Å². The van der Waals surface area contributed by atoms with Crippen LogP contribution >= 0.6 is 39.1 Å². The molecule has 1 saturated heterocycles. The van der Waals surface area contributed by atoms with Gasteiger partial charge in [0.15, 0.2) is 12.4 Å². The van der Waals surface area contributed by atoms with Gasteiger partial charge in [-0.1, -0.05) is 90.4 Å². The Balaban J connectivity index is 1.37. The van der Waals surface area contributed by atoms with Crippen LogP contribution in [0.5, 0.6) is 0 Å². The molecule has 204 valence electrons. The van der Waals surface area contributed by atoms with Gasteiger partial charge in [0.25, 0.3) is 0 Å². The maximum atomic E-state index is 14.2. The number of likely N-dealkylation sites (tertiary alicyclic amines) is 1. The molecule has 7 rings (SSSR count). The number of halogens is 3. The number of esters is 1. The fourth-order valence-corrected chi connectivity index (χ4v) is 7.94. The summed E-state index contributed by atoms with van der Waals surface area (Å²) < 4.78 is 6.21. The second-order valence-corrected chi connectivity index (χ2v) is 12.9. The highest BCUT2D eigenvalue weighted by molar-refractivity contribution is 9.10. The van der Waals surface area contributed by atoms with Crippen LogP contribution in [0.4, 0.5) is 0 Å². The van der Waals surface area contributed by atoms with Gasteiger partial charge in [0.05, 0.1) is 11.8 Å². The van der Waals surface area contributed by atoms with Crippen LogP contribution in [0, 0.1) is 17.8 Å². The highest BCUT2D eigenvalue weighted by Crippen LogP contribution is 2.69. The molecule has 0 aromatic heterocycles. The van der Waals surface area contributed by atoms with Crippen molar-refractivity contribution in [2.45, 2.75) is 29.6 Å². The molecule has 2 bridgehead atoms. The molecule has 6 nitrogen and oxygen atoms in total. The number of carbonyl (C=O) groups is 4. The van der Waals surface area contributed by atoms with Crippen LogP contribution < -0.4 is 0 Å². The maximum absolute atomic E-state index is 14.2. The third kappa shape index (κ3) is 3.60. The second kappa shape index (κ2) is 9.54. The van der Waals surface area contributed by atoms with E-state index in [0.29, 0.717) is 27.8 Å². The average Bonchev–Trinajstić information content (AvgIpc) is 3.21. The summed E-state index contributed by atoms with van der Waals surface area (Å²) in [6.45, 7) is 2.91. The molecule has 40 heavy (non-hydrogen) atoms. The molecule has 9 heteroatoms. The van der Waals surface area contributed by atoms with Crippen LogP contribution in [0.3, 0.4) is 0 Å². The van der Waals surface area contributed by atoms with Gasteiger partial charge in [-0.15, -0.1) is 23.2 Å². The van der Waals surface area contributed by atoms with Crippen LogP contribution in [0.1, 0.15) is 46.5 Å². The summed E-state index contributed by atoms with van der Waals surface area (Å²) in [5.41, 5.74) is 3.09. The number of imide groups is 1. The normalized spacial score (nSPS) is 26.8. The van der Waals surface area contributed by atoms with Gasteiger partial charge in [-0.05, 0) is 40.3 Å². The average molecular weight is 641 g/mol. The fourth-order valence-electron chi connectivity index (χ4n) is 6.58. The van der Waals surface area contributed by atoms with Crippen molar-refractivity contribution in [1.82, 2.24) is 4.90 Å². The van der Waals surface area contributed by atoms with E-state index in [4.69, 9.17) is 27.9 Å². The van der Waals surface area contributed by atoms with Crippen LogP contribution in [0.25, 0.3) is 0 Å². The minimum absolute atomic E-state index is 0.372. The smallest absolute Gasteiger partial charge is 0.330 e. The minimum atomic E-state index is -1.35. The first-order chi connectivity index (χ1) is 19.0. The lowest BCUT2D eigenvalue weighted by molar-refractivity contribution is -0.160. The van der Waals surface area contributed by atoms with Crippen LogP contribution in [0.2, 0.25) is 0 Å². The number of carbonyl (C=O) groups excluding carboxylic acids is 4. The molecule has 3 aromatic rings. The van der Waals surface area contributed by atoms with Gasteiger partial charge in [0.1, 0.15) is 15.8 Å². The number of nitrogens with zero attached hydrogens (tertiary/aromatic N) is 1. The molecule has 1 fully saturated rings. The number of hydrogen-bond acceptors (Lipinski definition) is 5. The Morgan fingerprint density at radius 1 is 0.825 bits per heavy atom. The molecule has 3 atom stereocenters. The van der Waals surface area contributed by atoms with E-state index < -0.39 is 63.7 Å². The van der Waals surface area contributed by atoms with Gasteiger partial charge < -0.3 is 4.74 Å². The van der Waals surface area contributed by atoms with Gasteiger partial charge in [0, 0.05) is 10.0 Å². The topological polar surface area (TPSA) is 80.8 Å².